The Morgan fingerprint density at radius 2 is 1.17 bits per heavy atom. The molecule has 608 valence electrons. The van der Waals surface area contributed by atoms with Gasteiger partial charge >= 0.3 is 5.97 Å². The first-order chi connectivity index (χ1) is 51.2. The van der Waals surface area contributed by atoms with Gasteiger partial charge in [-0.15, -0.1) is 0 Å². The van der Waals surface area contributed by atoms with Crippen LogP contribution in [0.3, 0.4) is 0 Å². The van der Waals surface area contributed by atoms with Crippen molar-refractivity contribution < 1.29 is 77.0 Å². The van der Waals surface area contributed by atoms with Gasteiger partial charge in [-0.3, -0.25) is 62.3 Å². The standard InChI is InChI=1S/C79H126N14O16/c1-20-46(16)63(89-68(97)54(31-26-36-80)82-70(99)56-32-27-37-93(56)78(107)61(44(12)13)87-73(102)60(43(10)11)86-76(105)65(48(18)94)91-72(101)58(41(6)7)84-57(95)33-25-28-40(4)5)75(104)92-66-49(19)109-79(108)62(45(14)15)88-67(96)53(22-3)81-69(98)55(39-50-34-35-51-29-23-24-30-52(51)38-50)83-71(100)59(42(8)9)85-74(103)64(47(17)21-2)90-77(66)106/h22-24,29-30,34-35,38,40-49,54-56,58-66,94H,20-21,25-28,31-33,36-37,39,80H2,1-19H3,(H,81,98)(H,82,99)(H,83,100)(H,84,95)(H,85,103)(H,86,105)(H,87,102)(H,88,96)(H,89,97)(H,90,106)(H,91,101)(H,92,104)/b53-22-/t46-,47-,48-,49+,54+,55+,56-,58-,59-,60+,61-,62+,63-,64-,65+,66-/m1/s1. The molecule has 0 spiro atoms. The van der Waals surface area contributed by atoms with E-state index in [1.165, 1.54) is 31.7 Å². The molecule has 2 aromatic carbocycles. The molecule has 2 aliphatic rings. The van der Waals surface area contributed by atoms with Crippen molar-refractivity contribution in [3.63, 3.8) is 0 Å². The molecule has 2 aromatic rings. The minimum atomic E-state index is -1.83. The number of aliphatic hydroxyl groups excluding tert-OH is 1. The number of amides is 13. The molecule has 30 heteroatoms. The molecule has 2 aliphatic heterocycles. The number of nitrogens with one attached hydrogen (secondary N) is 12. The van der Waals surface area contributed by atoms with Crippen molar-refractivity contribution in [2.75, 3.05) is 13.1 Å². The smallest absolute Gasteiger partial charge is 0.329 e. The van der Waals surface area contributed by atoms with Crippen molar-refractivity contribution >= 4 is 93.5 Å². The number of hydrogen-bond donors (Lipinski definition) is 14. The van der Waals surface area contributed by atoms with Gasteiger partial charge in [-0.05, 0) is 123 Å². The fourth-order valence-corrected chi connectivity index (χ4v) is 12.9. The molecule has 0 aliphatic carbocycles. The largest absolute Gasteiger partial charge is 0.458 e. The molecule has 109 heavy (non-hydrogen) atoms. The number of likely N-dealkylation sites (tertiary alicyclic amines) is 1. The zero-order valence-electron chi connectivity index (χ0n) is 67.4. The van der Waals surface area contributed by atoms with Crippen LogP contribution in [0.5, 0.6) is 0 Å². The number of ether oxygens (including phenoxy) is 1. The van der Waals surface area contributed by atoms with Crippen LogP contribution in [0, 0.1) is 47.3 Å². The topological polar surface area (TPSA) is 442 Å². The normalized spacial score (nSPS) is 22.2. The molecule has 0 bridgehead atoms. The van der Waals surface area contributed by atoms with E-state index in [0.29, 0.717) is 30.7 Å². The molecule has 2 saturated heterocycles. The number of aliphatic hydroxyl groups is 1. The number of benzene rings is 2. The number of allylic oxidation sites excluding steroid dienone is 1. The average molecular weight is 1530 g/mol. The van der Waals surface area contributed by atoms with E-state index in [-0.39, 0.29) is 63.2 Å². The average Bonchev–Trinajstić information content (AvgIpc) is 1.79. The monoisotopic (exact) mass is 1530 g/mol. The molecule has 16 atom stereocenters. The van der Waals surface area contributed by atoms with Gasteiger partial charge < -0.3 is 84.3 Å². The number of esters is 1. The SMILES string of the molecule is C/C=C1\NC(=O)[C@H](Cc2ccc3ccccc3c2)NC(=O)[C@@H](C(C)C)NC(=O)[C@@H]([C@H](C)CC)NC(=O)[C@H](NC(=O)[C@H](NC(=O)[C@H](CCCN)NC(=O)[C@H]2CCCN2C(=O)[C@H](NC(=O)[C@@H](NC(=O)[C@@H](NC(=O)[C@H](NC(=O)CCCC(C)C)C(C)C)[C@@H](C)O)C(C)C)C(C)C)[C@H](C)CC)[C@H](C)OC(=O)[C@H](C(C)C)NC1=O. The zero-order valence-corrected chi connectivity index (χ0v) is 67.4. The van der Waals surface area contributed by atoms with Crippen LogP contribution in [0.4, 0.5) is 0 Å². The van der Waals surface area contributed by atoms with Crippen LogP contribution in [0.1, 0.15) is 195 Å². The van der Waals surface area contributed by atoms with E-state index in [1.807, 2.05) is 50.2 Å². The van der Waals surface area contributed by atoms with E-state index >= 15 is 9.59 Å². The summed E-state index contributed by atoms with van der Waals surface area (Å²) in [4.78, 5) is 203. The first kappa shape index (κ1) is 92.3. The molecule has 2 fully saturated rings. The predicted molar refractivity (Wildman–Crippen MR) is 413 cm³/mol. The highest BCUT2D eigenvalue weighted by Gasteiger charge is 2.45. The van der Waals surface area contributed by atoms with Gasteiger partial charge in [0.15, 0.2) is 0 Å². The highest BCUT2D eigenvalue weighted by molar-refractivity contribution is 6.03. The third-order valence-corrected chi connectivity index (χ3v) is 20.2. The lowest BCUT2D eigenvalue weighted by atomic mass is 9.95. The van der Waals surface area contributed by atoms with E-state index in [4.69, 9.17) is 10.5 Å². The second kappa shape index (κ2) is 44.0. The quantitative estimate of drug-likeness (QED) is 0.0361. The lowest BCUT2D eigenvalue weighted by molar-refractivity contribution is -0.157. The van der Waals surface area contributed by atoms with E-state index in [2.05, 4.69) is 63.8 Å². The van der Waals surface area contributed by atoms with Crippen molar-refractivity contribution in [3.05, 3.63) is 59.8 Å². The Morgan fingerprint density at radius 1 is 0.606 bits per heavy atom. The minimum absolute atomic E-state index is 0.0542. The molecule has 0 saturated carbocycles. The van der Waals surface area contributed by atoms with E-state index in [9.17, 15) is 62.6 Å². The summed E-state index contributed by atoms with van der Waals surface area (Å²) in [5.41, 5.74) is 6.35. The molecule has 4 rings (SSSR count). The molecule has 2 heterocycles. The number of nitrogens with zero attached hydrogens (tertiary/aromatic N) is 1. The van der Waals surface area contributed by atoms with Crippen LogP contribution in [0.25, 0.3) is 10.8 Å². The van der Waals surface area contributed by atoms with Crippen molar-refractivity contribution in [2.45, 2.75) is 280 Å². The first-order valence-corrected chi connectivity index (χ1v) is 38.9. The third kappa shape index (κ3) is 27.2. The van der Waals surface area contributed by atoms with Crippen molar-refractivity contribution in [3.8, 4) is 0 Å². The van der Waals surface area contributed by atoms with Crippen LogP contribution in [0.15, 0.2) is 54.2 Å². The summed E-state index contributed by atoms with van der Waals surface area (Å²) in [5, 5.41) is 45.1. The van der Waals surface area contributed by atoms with Crippen LogP contribution in [-0.4, -0.2) is 191 Å². The van der Waals surface area contributed by atoms with Gasteiger partial charge in [0, 0.05) is 19.4 Å². The molecule has 15 N–H and O–H groups in total. The van der Waals surface area contributed by atoms with Gasteiger partial charge in [0.2, 0.25) is 70.9 Å². The Labute approximate surface area is 642 Å². The van der Waals surface area contributed by atoms with E-state index in [1.54, 1.807) is 103 Å². The van der Waals surface area contributed by atoms with Crippen molar-refractivity contribution in [2.24, 2.45) is 53.1 Å². The molecule has 0 radical (unpaired) electrons. The summed E-state index contributed by atoms with van der Waals surface area (Å²) >= 11 is 0. The third-order valence-electron chi connectivity index (χ3n) is 20.2. The lowest BCUT2D eigenvalue weighted by Gasteiger charge is -2.33. The fourth-order valence-electron chi connectivity index (χ4n) is 12.9. The highest BCUT2D eigenvalue weighted by atomic mass is 16.5. The van der Waals surface area contributed by atoms with Crippen LogP contribution in [-0.2, 0) is 78.3 Å². The maximum Gasteiger partial charge on any atom is 0.329 e. The van der Waals surface area contributed by atoms with E-state index in [0.717, 1.165) is 17.2 Å². The molecule has 13 amide bonds. The van der Waals surface area contributed by atoms with Crippen molar-refractivity contribution in [1.82, 2.24) is 68.7 Å². The van der Waals surface area contributed by atoms with Crippen LogP contribution in [0.2, 0.25) is 0 Å². The Morgan fingerprint density at radius 3 is 1.72 bits per heavy atom. The predicted octanol–water partition coefficient (Wildman–Crippen LogP) is 2.99. The Hall–Kier alpha value is -9.06. The number of nitrogens with two attached hydrogens (primary N) is 1. The number of carbonyl (C=O) groups is 14. The number of carbonyl (C=O) groups excluding carboxylic acids is 14. The molecule has 0 aromatic heterocycles. The summed E-state index contributed by atoms with van der Waals surface area (Å²) in [5.74, 6) is -15.2. The van der Waals surface area contributed by atoms with E-state index < -0.39 is 203 Å². The summed E-state index contributed by atoms with van der Waals surface area (Å²) in [6.07, 6.45) is 0.978. The molecule has 30 nitrogen and oxygen atoms in total. The molecular weight excluding hydrogens is 1400 g/mol. The highest BCUT2D eigenvalue weighted by Crippen LogP contribution is 2.24. The first-order valence-electron chi connectivity index (χ1n) is 38.9. The summed E-state index contributed by atoms with van der Waals surface area (Å²) in [6, 6.07) is -3.43. The van der Waals surface area contributed by atoms with Crippen LogP contribution >= 0.6 is 0 Å². The summed E-state index contributed by atoms with van der Waals surface area (Å²) < 4.78 is 5.99. The van der Waals surface area contributed by atoms with Gasteiger partial charge in [0.1, 0.15) is 84.3 Å². The van der Waals surface area contributed by atoms with Gasteiger partial charge in [-0.2, -0.15) is 0 Å². The van der Waals surface area contributed by atoms with Gasteiger partial charge in [0.25, 0.3) is 5.91 Å². The number of fused-ring (bicyclic) bond motifs is 1. The maximum absolute atomic E-state index is 15.1. The zero-order chi connectivity index (χ0) is 82.0. The Bertz CT molecular complexity index is 3520. The van der Waals surface area contributed by atoms with Gasteiger partial charge in [-0.1, -0.05) is 179 Å². The number of rotatable bonds is 33. The number of cyclic esters (lactones) is 1. The molecular formula is C79H126N14O16. The fraction of sp³-hybridized carbons (Fsp3) is 0.671. The van der Waals surface area contributed by atoms with Gasteiger partial charge in [-0.25, -0.2) is 4.79 Å². The Kier molecular flexibility index (Phi) is 37.2. The second-order valence-electron chi connectivity index (χ2n) is 31.4. The van der Waals surface area contributed by atoms with Crippen LogP contribution < -0.4 is 69.5 Å². The van der Waals surface area contributed by atoms with Gasteiger partial charge in [0.05, 0.1) is 6.10 Å². The summed E-state index contributed by atoms with van der Waals surface area (Å²) in [7, 11) is 0. The lowest BCUT2D eigenvalue weighted by Crippen LogP contribution is -2.64. The molecule has 0 unspecified atom stereocenters. The Balaban J connectivity index is 1.64. The number of hydrogen-bond acceptors (Lipinski definition) is 17. The van der Waals surface area contributed by atoms with Crippen molar-refractivity contribution in [1.29, 1.82) is 0 Å². The summed E-state index contributed by atoms with van der Waals surface area (Å²) in [6.45, 7) is 31.8. The second-order valence-corrected chi connectivity index (χ2v) is 31.4. The maximum atomic E-state index is 15.1. The minimum Gasteiger partial charge on any atom is -0.458 e.